The highest BCUT2D eigenvalue weighted by Gasteiger charge is 2.08. The number of hydrogen-bond acceptors (Lipinski definition) is 2. The molecule has 0 aliphatic carbocycles. The molecule has 82 valence electrons. The molecule has 2 aromatic rings. The minimum Gasteiger partial charge on any atom is -0.477 e. The van der Waals surface area contributed by atoms with Crippen LogP contribution < -0.4 is 5.69 Å². The first-order chi connectivity index (χ1) is 7.66. The quantitative estimate of drug-likeness (QED) is 0.804. The Labute approximate surface area is 91.0 Å². The summed E-state index contributed by atoms with van der Waals surface area (Å²) in [5, 5.41) is 8.71. The van der Waals surface area contributed by atoms with Gasteiger partial charge in [-0.3, -0.25) is 4.57 Å². The molecule has 1 heterocycles. The number of carbonyl (C=O) groups is 1. The molecular weight excluding hydrogens is 208 g/mol. The van der Waals surface area contributed by atoms with Crippen LogP contribution in [0.1, 0.15) is 16.1 Å². The summed E-state index contributed by atoms with van der Waals surface area (Å²) in [6.07, 6.45) is 1.30. The first kappa shape index (κ1) is 10.2. The summed E-state index contributed by atoms with van der Waals surface area (Å²) in [6.45, 7) is 0.365. The molecule has 0 atom stereocenters. The van der Waals surface area contributed by atoms with Gasteiger partial charge in [-0.25, -0.2) is 9.59 Å². The van der Waals surface area contributed by atoms with E-state index in [0.29, 0.717) is 6.54 Å². The van der Waals surface area contributed by atoms with Crippen LogP contribution in [0.5, 0.6) is 0 Å². The number of nitrogens with zero attached hydrogens (tertiary/aromatic N) is 1. The average molecular weight is 218 g/mol. The molecule has 0 bridgehead atoms. The summed E-state index contributed by atoms with van der Waals surface area (Å²) in [4.78, 5) is 24.3. The molecule has 5 nitrogen and oxygen atoms in total. The summed E-state index contributed by atoms with van der Waals surface area (Å²) in [5.74, 6) is -1.14. The molecule has 0 radical (unpaired) electrons. The number of H-pyrrole nitrogens is 1. The van der Waals surface area contributed by atoms with Crippen molar-refractivity contribution < 1.29 is 9.90 Å². The lowest BCUT2D eigenvalue weighted by molar-refractivity contribution is 0.0691. The molecule has 0 fully saturated rings. The SMILES string of the molecule is O=C(O)c1cn(Cc2ccccc2)c(=O)[nH]1. The number of nitrogens with one attached hydrogen (secondary N) is 1. The third-order valence-electron chi connectivity index (χ3n) is 2.21. The minimum atomic E-state index is -1.14. The fourth-order valence-electron chi connectivity index (χ4n) is 1.44. The van der Waals surface area contributed by atoms with Crippen molar-refractivity contribution >= 4 is 5.97 Å². The van der Waals surface area contributed by atoms with Crippen molar-refractivity contribution in [3.8, 4) is 0 Å². The summed E-state index contributed by atoms with van der Waals surface area (Å²) in [7, 11) is 0. The topological polar surface area (TPSA) is 75.1 Å². The molecule has 0 saturated heterocycles. The van der Waals surface area contributed by atoms with Crippen LogP contribution in [0.4, 0.5) is 0 Å². The van der Waals surface area contributed by atoms with Gasteiger partial charge in [0.05, 0.1) is 6.54 Å². The number of hydrogen-bond donors (Lipinski definition) is 2. The van der Waals surface area contributed by atoms with E-state index in [1.165, 1.54) is 10.8 Å². The number of aromatic amines is 1. The van der Waals surface area contributed by atoms with Gasteiger partial charge in [0, 0.05) is 6.20 Å². The van der Waals surface area contributed by atoms with Crippen molar-refractivity contribution in [2.24, 2.45) is 0 Å². The van der Waals surface area contributed by atoms with Gasteiger partial charge in [0.2, 0.25) is 0 Å². The van der Waals surface area contributed by atoms with E-state index in [9.17, 15) is 9.59 Å². The Bertz CT molecular complexity index is 554. The molecule has 1 aromatic heterocycles. The van der Waals surface area contributed by atoms with E-state index in [0.717, 1.165) is 5.56 Å². The van der Waals surface area contributed by atoms with Gasteiger partial charge in [-0.1, -0.05) is 30.3 Å². The van der Waals surface area contributed by atoms with Gasteiger partial charge in [0.1, 0.15) is 5.69 Å². The van der Waals surface area contributed by atoms with E-state index in [1.54, 1.807) is 0 Å². The number of benzene rings is 1. The number of carboxylic acid groups (broad SMARTS) is 1. The lowest BCUT2D eigenvalue weighted by atomic mass is 10.2. The molecule has 0 aliphatic rings. The zero-order valence-corrected chi connectivity index (χ0v) is 8.38. The maximum atomic E-state index is 11.4. The van der Waals surface area contributed by atoms with Crippen molar-refractivity contribution in [2.45, 2.75) is 6.54 Å². The molecule has 16 heavy (non-hydrogen) atoms. The van der Waals surface area contributed by atoms with Crippen molar-refractivity contribution in [1.29, 1.82) is 0 Å². The highest BCUT2D eigenvalue weighted by Crippen LogP contribution is 2.01. The van der Waals surface area contributed by atoms with Crippen LogP contribution >= 0.6 is 0 Å². The number of carboxylic acids is 1. The fraction of sp³-hybridized carbons (Fsp3) is 0.0909. The molecule has 2 rings (SSSR count). The van der Waals surface area contributed by atoms with Crippen molar-refractivity contribution in [2.75, 3.05) is 0 Å². The number of aromatic nitrogens is 2. The van der Waals surface area contributed by atoms with Crippen molar-refractivity contribution in [3.05, 3.63) is 58.3 Å². The zero-order chi connectivity index (χ0) is 11.5. The Morgan fingerprint density at radius 1 is 1.31 bits per heavy atom. The van der Waals surface area contributed by atoms with Gasteiger partial charge in [-0.2, -0.15) is 0 Å². The second-order valence-corrected chi connectivity index (χ2v) is 3.39. The summed E-state index contributed by atoms with van der Waals surface area (Å²) in [6, 6.07) is 9.36. The molecule has 1 aromatic carbocycles. The Kier molecular flexibility index (Phi) is 2.59. The molecule has 0 saturated carbocycles. The predicted molar refractivity (Wildman–Crippen MR) is 57.6 cm³/mol. The Balaban J connectivity index is 2.29. The Hall–Kier alpha value is -2.30. The maximum Gasteiger partial charge on any atom is 0.353 e. The largest absolute Gasteiger partial charge is 0.477 e. The highest BCUT2D eigenvalue weighted by atomic mass is 16.4. The van der Waals surface area contributed by atoms with Crippen LogP contribution in [0.2, 0.25) is 0 Å². The third-order valence-corrected chi connectivity index (χ3v) is 2.21. The molecule has 0 aliphatic heterocycles. The van der Waals surface area contributed by atoms with Crippen LogP contribution in [0.3, 0.4) is 0 Å². The van der Waals surface area contributed by atoms with Crippen LogP contribution in [-0.2, 0) is 6.54 Å². The van der Waals surface area contributed by atoms with Gasteiger partial charge in [-0.05, 0) is 5.56 Å². The van der Waals surface area contributed by atoms with Crippen LogP contribution in [0.15, 0.2) is 41.3 Å². The smallest absolute Gasteiger partial charge is 0.353 e. The van der Waals surface area contributed by atoms with E-state index in [-0.39, 0.29) is 5.69 Å². The standard InChI is InChI=1S/C11H10N2O3/c14-10(15)9-7-13(11(16)12-9)6-8-4-2-1-3-5-8/h1-5,7H,6H2,(H,12,16)(H,14,15). The molecule has 0 amide bonds. The average Bonchev–Trinajstić information content (AvgIpc) is 2.62. The fourth-order valence-corrected chi connectivity index (χ4v) is 1.44. The van der Waals surface area contributed by atoms with E-state index < -0.39 is 11.7 Å². The lowest BCUT2D eigenvalue weighted by Gasteiger charge is -1.99. The normalized spacial score (nSPS) is 10.2. The van der Waals surface area contributed by atoms with Gasteiger partial charge < -0.3 is 10.1 Å². The van der Waals surface area contributed by atoms with Gasteiger partial charge >= 0.3 is 11.7 Å². The molecule has 5 heteroatoms. The molecule has 2 N–H and O–H groups in total. The van der Waals surface area contributed by atoms with E-state index in [2.05, 4.69) is 4.98 Å². The van der Waals surface area contributed by atoms with Gasteiger partial charge in [0.15, 0.2) is 0 Å². The zero-order valence-electron chi connectivity index (χ0n) is 8.38. The minimum absolute atomic E-state index is 0.0964. The van der Waals surface area contributed by atoms with Gasteiger partial charge in [-0.15, -0.1) is 0 Å². The summed E-state index contributed by atoms with van der Waals surface area (Å²) in [5.41, 5.74) is 0.433. The predicted octanol–water partition coefficient (Wildman–Crippen LogP) is 0.923. The lowest BCUT2D eigenvalue weighted by Crippen LogP contribution is -2.16. The summed E-state index contributed by atoms with van der Waals surface area (Å²) < 4.78 is 1.33. The van der Waals surface area contributed by atoms with Gasteiger partial charge in [0.25, 0.3) is 0 Å². The number of aromatic carboxylic acids is 1. The monoisotopic (exact) mass is 218 g/mol. The molecular formula is C11H10N2O3. The van der Waals surface area contributed by atoms with Crippen LogP contribution in [0.25, 0.3) is 0 Å². The van der Waals surface area contributed by atoms with Crippen molar-refractivity contribution in [3.63, 3.8) is 0 Å². The van der Waals surface area contributed by atoms with E-state index in [1.807, 2.05) is 30.3 Å². The van der Waals surface area contributed by atoms with Crippen LogP contribution in [-0.4, -0.2) is 20.6 Å². The molecule has 0 spiro atoms. The first-order valence-corrected chi connectivity index (χ1v) is 4.73. The van der Waals surface area contributed by atoms with Crippen molar-refractivity contribution in [1.82, 2.24) is 9.55 Å². The van der Waals surface area contributed by atoms with E-state index >= 15 is 0 Å². The first-order valence-electron chi connectivity index (χ1n) is 4.73. The van der Waals surface area contributed by atoms with Crippen LogP contribution in [0, 0.1) is 0 Å². The third kappa shape index (κ3) is 2.03. The summed E-state index contributed by atoms with van der Waals surface area (Å²) >= 11 is 0. The Morgan fingerprint density at radius 3 is 2.56 bits per heavy atom. The van der Waals surface area contributed by atoms with E-state index in [4.69, 9.17) is 5.11 Å². The number of imidazole rings is 1. The maximum absolute atomic E-state index is 11.4. The second-order valence-electron chi connectivity index (χ2n) is 3.39. The second kappa shape index (κ2) is 4.06. The molecule has 0 unspecified atom stereocenters. The highest BCUT2D eigenvalue weighted by molar-refractivity contribution is 5.84. The Morgan fingerprint density at radius 2 is 2.00 bits per heavy atom. The number of rotatable bonds is 3.